The quantitative estimate of drug-likeness (QED) is 0.173. The van der Waals surface area contributed by atoms with Crippen LogP contribution in [0.15, 0.2) is 23.3 Å². The molecule has 0 unspecified atom stereocenters. The van der Waals surface area contributed by atoms with Crippen molar-refractivity contribution in [3.8, 4) is 0 Å². The molecule has 4 aliphatic carbocycles. The topological polar surface area (TPSA) is 26.3 Å². The molecule has 4 aliphatic rings. The molecule has 0 spiro atoms. The predicted molar refractivity (Wildman–Crippen MR) is 159 cm³/mol. The first-order valence-electron chi connectivity index (χ1n) is 14.4. The van der Waals surface area contributed by atoms with E-state index in [1.807, 2.05) is 0 Å². The fraction of sp³-hybridized carbons (Fsp3) is 0.844. The molecule has 2 nitrogen and oxygen atoms in total. The number of esters is 1. The van der Waals surface area contributed by atoms with Gasteiger partial charge in [0, 0.05) is 10.2 Å². The van der Waals surface area contributed by atoms with Crippen molar-refractivity contribution in [3.05, 3.63) is 23.3 Å². The Morgan fingerprint density at radius 1 is 0.917 bits per heavy atom. The minimum Gasteiger partial charge on any atom is -0.461 e. The summed E-state index contributed by atoms with van der Waals surface area (Å²) >= 11 is 7.62. The Balaban J connectivity index is 1.64. The summed E-state index contributed by atoms with van der Waals surface area (Å²) in [6, 6.07) is 0. The number of alkyl halides is 2. The monoisotopic (exact) mass is 624 g/mol. The second-order valence-electron chi connectivity index (χ2n) is 14.3. The minimum absolute atomic E-state index is 0.00812. The summed E-state index contributed by atoms with van der Waals surface area (Å²) in [6.45, 7) is 19.5. The van der Waals surface area contributed by atoms with Gasteiger partial charge >= 0.3 is 5.97 Å². The lowest BCUT2D eigenvalue weighted by Gasteiger charge is -2.70. The average Bonchev–Trinajstić information content (AvgIpc) is 3.17. The molecule has 0 heterocycles. The van der Waals surface area contributed by atoms with Crippen LogP contribution in [-0.4, -0.2) is 22.2 Å². The van der Waals surface area contributed by atoms with Gasteiger partial charge in [0.25, 0.3) is 0 Å². The van der Waals surface area contributed by atoms with E-state index in [1.165, 1.54) is 44.1 Å². The fourth-order valence-electron chi connectivity index (χ4n) is 10.2. The zero-order valence-electron chi connectivity index (χ0n) is 24.1. The number of hydrogen-bond donors (Lipinski definition) is 0. The summed E-state index contributed by atoms with van der Waals surface area (Å²) in [4.78, 5) is 12.8. The average molecular weight is 627 g/mol. The zero-order valence-corrected chi connectivity index (χ0v) is 27.2. The lowest BCUT2D eigenvalue weighted by Crippen LogP contribution is -2.65. The molecule has 4 saturated carbocycles. The molecule has 4 heteroatoms. The zero-order chi connectivity index (χ0) is 26.7. The van der Waals surface area contributed by atoms with Crippen LogP contribution in [0.25, 0.3) is 0 Å². The van der Waals surface area contributed by atoms with Gasteiger partial charge < -0.3 is 4.74 Å². The highest BCUT2D eigenvalue weighted by atomic mass is 79.9. The smallest absolute Gasteiger partial charge is 0.316 e. The SMILES string of the molecule is CC(C)=CC/C=C(\C)[C@H]1CC[C@]2(C)[C@@H]1[C@H](Br)C[C@@H]1[C@@]3(C)CC[C@H](OC(=O)CBr)C(C)(C)[C@@H]3CC[C@]12C. The highest BCUT2D eigenvalue weighted by Gasteiger charge is 2.70. The highest BCUT2D eigenvalue weighted by Crippen LogP contribution is 2.76. The second-order valence-corrected chi connectivity index (χ2v) is 16.1. The molecule has 0 amide bonds. The van der Waals surface area contributed by atoms with Crippen LogP contribution < -0.4 is 0 Å². The maximum Gasteiger partial charge on any atom is 0.316 e. The Bertz CT molecular complexity index is 917. The first kappa shape index (κ1) is 28.9. The lowest BCUT2D eigenvalue weighted by atomic mass is 9.35. The Kier molecular flexibility index (Phi) is 8.14. The van der Waals surface area contributed by atoms with Crippen LogP contribution in [0, 0.1) is 45.3 Å². The summed E-state index contributed by atoms with van der Waals surface area (Å²) < 4.78 is 6.00. The largest absolute Gasteiger partial charge is 0.461 e. The minimum atomic E-state index is -0.115. The summed E-state index contributed by atoms with van der Waals surface area (Å²) in [7, 11) is 0. The van der Waals surface area contributed by atoms with E-state index in [9.17, 15) is 4.79 Å². The van der Waals surface area contributed by atoms with E-state index in [4.69, 9.17) is 4.74 Å². The molecule has 0 bridgehead atoms. The molecule has 0 N–H and O–H groups in total. The third-order valence-electron chi connectivity index (χ3n) is 12.2. The number of allylic oxidation sites excluding steroid dienone is 4. The molecule has 0 saturated heterocycles. The number of halogens is 2. The van der Waals surface area contributed by atoms with E-state index in [0.29, 0.717) is 44.7 Å². The van der Waals surface area contributed by atoms with Crippen molar-refractivity contribution in [3.63, 3.8) is 0 Å². The lowest BCUT2D eigenvalue weighted by molar-refractivity contribution is -0.224. The molecular weight excluding hydrogens is 576 g/mol. The normalized spacial score (nSPS) is 45.8. The summed E-state index contributed by atoms with van der Waals surface area (Å²) in [5.74, 6) is 2.59. The molecular formula is C32H50Br2O2. The van der Waals surface area contributed by atoms with Crippen LogP contribution in [-0.2, 0) is 9.53 Å². The third-order valence-corrected chi connectivity index (χ3v) is 13.6. The molecule has 204 valence electrons. The van der Waals surface area contributed by atoms with Crippen LogP contribution in [0.5, 0.6) is 0 Å². The van der Waals surface area contributed by atoms with Gasteiger partial charge in [-0.1, -0.05) is 89.8 Å². The van der Waals surface area contributed by atoms with E-state index in [0.717, 1.165) is 12.8 Å². The van der Waals surface area contributed by atoms with Gasteiger partial charge in [0.2, 0.25) is 0 Å². The van der Waals surface area contributed by atoms with Crippen molar-refractivity contribution in [1.82, 2.24) is 0 Å². The number of rotatable bonds is 5. The Morgan fingerprint density at radius 3 is 2.22 bits per heavy atom. The molecule has 4 rings (SSSR count). The summed E-state index contributed by atoms with van der Waals surface area (Å²) in [5.41, 5.74) is 4.04. The molecule has 0 aromatic heterocycles. The number of hydrogen-bond acceptors (Lipinski definition) is 2. The van der Waals surface area contributed by atoms with E-state index in [1.54, 1.807) is 5.57 Å². The van der Waals surface area contributed by atoms with Crippen molar-refractivity contribution in [2.45, 2.75) is 118 Å². The van der Waals surface area contributed by atoms with Crippen LogP contribution in [0.3, 0.4) is 0 Å². The first-order chi connectivity index (χ1) is 16.7. The maximum atomic E-state index is 12.2. The Hall–Kier alpha value is -0.0900. The van der Waals surface area contributed by atoms with Gasteiger partial charge in [0.1, 0.15) is 11.4 Å². The van der Waals surface area contributed by atoms with Gasteiger partial charge in [0.15, 0.2) is 0 Å². The van der Waals surface area contributed by atoms with Gasteiger partial charge in [-0.05, 0) is 112 Å². The second kappa shape index (κ2) is 10.1. The first-order valence-corrected chi connectivity index (χ1v) is 16.5. The Labute approximate surface area is 238 Å². The summed E-state index contributed by atoms with van der Waals surface area (Å²) in [6.07, 6.45) is 14.7. The molecule has 4 fully saturated rings. The number of carbonyl (C=O) groups is 1. The van der Waals surface area contributed by atoms with Gasteiger partial charge in [-0.25, -0.2) is 0 Å². The molecule has 0 aliphatic heterocycles. The molecule has 0 radical (unpaired) electrons. The summed E-state index contributed by atoms with van der Waals surface area (Å²) in [5, 5.41) is 0.288. The van der Waals surface area contributed by atoms with Crippen molar-refractivity contribution in [2.24, 2.45) is 45.3 Å². The Morgan fingerprint density at radius 2 is 1.58 bits per heavy atom. The van der Waals surface area contributed by atoms with Crippen molar-refractivity contribution in [2.75, 3.05) is 5.33 Å². The van der Waals surface area contributed by atoms with E-state index in [-0.39, 0.29) is 22.8 Å². The van der Waals surface area contributed by atoms with Gasteiger partial charge in [0.05, 0.1) is 0 Å². The molecule has 9 atom stereocenters. The highest BCUT2D eigenvalue weighted by molar-refractivity contribution is 9.09. The van der Waals surface area contributed by atoms with E-state index in [2.05, 4.69) is 99.4 Å². The molecule has 36 heavy (non-hydrogen) atoms. The van der Waals surface area contributed by atoms with Crippen LogP contribution in [0.4, 0.5) is 0 Å². The molecule has 0 aromatic carbocycles. The van der Waals surface area contributed by atoms with Crippen molar-refractivity contribution < 1.29 is 9.53 Å². The third kappa shape index (κ3) is 4.44. The van der Waals surface area contributed by atoms with Gasteiger partial charge in [-0.2, -0.15) is 0 Å². The standard InChI is InChI=1S/C32H50Br2O2/c1-20(2)10-9-11-21(3)22-12-16-32(8)28(22)23(34)18-25-30(6)15-14-26(36-27(35)19-33)29(4,5)24(30)13-17-31(25,32)7/h10-11,22-26,28H,9,12-19H2,1-8H3/b21-11+/t22-,23-,24+,25-,26+,28+,30+,31-,32-/m1/s1. The fourth-order valence-corrected chi connectivity index (χ4v) is 11.7. The van der Waals surface area contributed by atoms with Crippen LogP contribution >= 0.6 is 31.9 Å². The van der Waals surface area contributed by atoms with Crippen LogP contribution in [0.1, 0.15) is 107 Å². The van der Waals surface area contributed by atoms with Gasteiger partial charge in [-0.15, -0.1) is 0 Å². The molecule has 0 aromatic rings. The van der Waals surface area contributed by atoms with Crippen molar-refractivity contribution >= 4 is 37.8 Å². The van der Waals surface area contributed by atoms with Gasteiger partial charge in [-0.3, -0.25) is 4.79 Å². The van der Waals surface area contributed by atoms with Crippen LogP contribution in [0.2, 0.25) is 0 Å². The van der Waals surface area contributed by atoms with E-state index < -0.39 is 0 Å². The number of ether oxygens (including phenoxy) is 1. The predicted octanol–water partition coefficient (Wildman–Crippen LogP) is 9.65. The number of carbonyl (C=O) groups excluding carboxylic acids is 1. The van der Waals surface area contributed by atoms with E-state index >= 15 is 0 Å². The van der Waals surface area contributed by atoms with Crippen molar-refractivity contribution in [1.29, 1.82) is 0 Å². The maximum absolute atomic E-state index is 12.2. The number of fused-ring (bicyclic) bond motifs is 5.